The Labute approximate surface area is 102 Å². The maximum atomic E-state index is 4.94. The van der Waals surface area contributed by atoms with Crippen LogP contribution in [0, 0.1) is 0 Å². The van der Waals surface area contributed by atoms with Crippen molar-refractivity contribution < 1.29 is 4.74 Å². The van der Waals surface area contributed by atoms with Gasteiger partial charge in [-0.2, -0.15) is 0 Å². The summed E-state index contributed by atoms with van der Waals surface area (Å²) in [6.07, 6.45) is 3.89. The highest BCUT2D eigenvalue weighted by Crippen LogP contribution is 1.98. The minimum atomic E-state index is 0. The van der Waals surface area contributed by atoms with Gasteiger partial charge in [0.05, 0.1) is 0 Å². The maximum absolute atomic E-state index is 4.94. The zero-order chi connectivity index (χ0) is 9.66. The Morgan fingerprint density at radius 3 is 1.62 bits per heavy atom. The van der Waals surface area contributed by atoms with E-state index in [1.54, 1.807) is 0 Å². The predicted octanol–water partition coefficient (Wildman–Crippen LogP) is 2.04. The lowest BCUT2D eigenvalue weighted by Crippen LogP contribution is -1.89. The van der Waals surface area contributed by atoms with Gasteiger partial charge in [0.2, 0.25) is 0 Å². The van der Waals surface area contributed by atoms with E-state index in [2.05, 4.69) is 12.2 Å². The molecular formula is C9H23ClMgNO+2. The molecule has 0 aromatic rings. The summed E-state index contributed by atoms with van der Waals surface area (Å²) in [5.74, 6) is 0. The van der Waals surface area contributed by atoms with Crippen molar-refractivity contribution in [1.29, 1.82) is 0 Å². The van der Waals surface area contributed by atoms with Crippen molar-refractivity contribution in [3.63, 3.8) is 0 Å². The van der Waals surface area contributed by atoms with Crippen molar-refractivity contribution in [1.82, 2.24) is 5.32 Å². The van der Waals surface area contributed by atoms with Gasteiger partial charge < -0.3 is 10.1 Å². The largest absolute Gasteiger partial charge is 1.41 e. The second-order valence-corrected chi connectivity index (χ2v) is 3.38. The molecule has 77 valence electrons. The maximum Gasteiger partial charge on any atom is 1.41 e. The fourth-order valence-corrected chi connectivity index (χ4v) is 0.510. The molecule has 0 aliphatic carbocycles. The molecule has 0 aromatic heterocycles. The molecular weight excluding hydrogens is 198 g/mol. The van der Waals surface area contributed by atoms with Gasteiger partial charge in [-0.05, 0) is 26.9 Å². The zero-order valence-corrected chi connectivity index (χ0v) is 11.5. The first kappa shape index (κ1) is 19.5. The van der Waals surface area contributed by atoms with Crippen molar-refractivity contribution in [2.45, 2.75) is 30.7 Å². The van der Waals surface area contributed by atoms with Crippen LogP contribution in [0.15, 0.2) is 0 Å². The molecule has 1 saturated heterocycles. The van der Waals surface area contributed by atoms with Gasteiger partial charge in [0, 0.05) is 19.6 Å². The molecule has 0 saturated carbocycles. The molecule has 0 spiro atoms. The van der Waals surface area contributed by atoms with Crippen molar-refractivity contribution >= 4 is 34.1 Å². The Bertz CT molecular complexity index is 54.0. The van der Waals surface area contributed by atoms with Gasteiger partial charge in [-0.15, -0.1) is 12.4 Å². The third-order valence-electron chi connectivity index (χ3n) is 1.18. The summed E-state index contributed by atoms with van der Waals surface area (Å²) < 4.78 is 6.29. The first-order valence-corrected chi connectivity index (χ1v) is 5.78. The van der Waals surface area contributed by atoms with E-state index in [9.17, 15) is 0 Å². The van der Waals surface area contributed by atoms with Gasteiger partial charge in [-0.3, -0.25) is 0 Å². The summed E-state index contributed by atoms with van der Waals surface area (Å²) in [6, 6.07) is 0. The van der Waals surface area contributed by atoms with Crippen molar-refractivity contribution in [2.24, 2.45) is 0 Å². The highest BCUT2D eigenvalue weighted by Gasteiger charge is 2.17. The number of nitrogens with one attached hydrogen (secondary N) is 1. The molecule has 0 amide bonds. The second kappa shape index (κ2) is 23.1. The van der Waals surface area contributed by atoms with Crippen molar-refractivity contribution in [2.75, 3.05) is 27.3 Å². The van der Waals surface area contributed by atoms with Crippen LogP contribution in [0.2, 0.25) is 4.55 Å². The lowest BCUT2D eigenvalue weighted by atomic mass is 10.4. The van der Waals surface area contributed by atoms with Crippen LogP contribution >= 0.6 is 12.4 Å². The first-order chi connectivity index (χ1) is 5.83. The molecule has 1 aliphatic heterocycles. The monoisotopic (exact) mass is 220 g/mol. The molecule has 7 radical (unpaired) electrons. The number of hydrogen-bond acceptors (Lipinski definition) is 2. The van der Waals surface area contributed by atoms with Crippen LogP contribution in [0.5, 0.6) is 0 Å². The van der Waals surface area contributed by atoms with E-state index < -0.39 is 0 Å². The Balaban J connectivity index is -0.000000116. The van der Waals surface area contributed by atoms with Gasteiger partial charge in [-0.25, -0.2) is 0 Å². The molecule has 1 rings (SSSR count). The minimum Gasteiger partial charge on any atom is -0.381 e. The van der Waals surface area contributed by atoms with Gasteiger partial charge in [0.15, 0.2) is 0 Å². The summed E-state index contributed by atoms with van der Waals surface area (Å²) in [5, 5.41) is 2.75. The fourth-order valence-electron chi connectivity index (χ4n) is 0.510. The topological polar surface area (TPSA) is 21.3 Å². The van der Waals surface area contributed by atoms with Crippen LogP contribution < -0.4 is 5.32 Å². The van der Waals surface area contributed by atoms with Crippen LogP contribution in [0.25, 0.3) is 0 Å². The van der Waals surface area contributed by atoms with E-state index in [1.807, 2.05) is 35.8 Å². The standard InChI is InChI=1S/C4H8O.C3H7.C2H7N.ClH.Mg/c1-2-4-5-3-1;2*1-3-2;;/h1-4H2;1,3H2,2H3;3H,1-2H3;1H;/q;;;;+2. The third-order valence-corrected chi connectivity index (χ3v) is 1.89. The van der Waals surface area contributed by atoms with Gasteiger partial charge in [0.25, 0.3) is 4.55 Å². The van der Waals surface area contributed by atoms with Gasteiger partial charge in [-0.1, -0.05) is 6.92 Å². The smallest absolute Gasteiger partial charge is 0.381 e. The van der Waals surface area contributed by atoms with E-state index >= 15 is 0 Å². The molecule has 0 unspecified atom stereocenters. The molecule has 0 aromatic carbocycles. The van der Waals surface area contributed by atoms with Crippen LogP contribution in [0.4, 0.5) is 0 Å². The SMILES string of the molecule is C1CCOC1.CC[CH2][Mg+2].CNC.Cl. The number of rotatable bonds is 1. The zero-order valence-electron chi connectivity index (χ0n) is 9.27. The molecule has 0 bridgehead atoms. The number of ether oxygens (including phenoxy) is 1. The highest BCUT2D eigenvalue weighted by atomic mass is 35.5. The lowest BCUT2D eigenvalue weighted by molar-refractivity contribution is 0.198. The average molecular weight is 221 g/mol. The number of halogens is 1. The van der Waals surface area contributed by atoms with E-state index in [1.165, 1.54) is 23.8 Å². The molecule has 1 fully saturated rings. The molecule has 0 atom stereocenters. The molecule has 2 nitrogen and oxygen atoms in total. The molecule has 13 heavy (non-hydrogen) atoms. The number of hydrogen-bond donors (Lipinski definition) is 1. The second-order valence-electron chi connectivity index (χ2n) is 2.67. The van der Waals surface area contributed by atoms with E-state index in [0.717, 1.165) is 13.2 Å². The van der Waals surface area contributed by atoms with Crippen molar-refractivity contribution in [3.05, 3.63) is 0 Å². The average Bonchev–Trinajstić information content (AvgIpc) is 2.62. The highest BCUT2D eigenvalue weighted by molar-refractivity contribution is 6.08. The Morgan fingerprint density at radius 1 is 1.23 bits per heavy atom. The summed E-state index contributed by atoms with van der Waals surface area (Å²) in [5.41, 5.74) is 0. The minimum absolute atomic E-state index is 0. The Hall–Kier alpha value is 0.976. The third kappa shape index (κ3) is 32.1. The first-order valence-electron chi connectivity index (χ1n) is 4.78. The summed E-state index contributed by atoms with van der Waals surface area (Å²) in [4.78, 5) is 0. The normalized spacial score (nSPS) is 12.9. The van der Waals surface area contributed by atoms with Crippen LogP contribution in [-0.2, 0) is 4.74 Å². The summed E-state index contributed by atoms with van der Waals surface area (Å²) in [6.45, 7) is 4.19. The summed E-state index contributed by atoms with van der Waals surface area (Å²) in [7, 11) is 3.75. The van der Waals surface area contributed by atoms with E-state index in [-0.39, 0.29) is 12.4 Å². The quantitative estimate of drug-likeness (QED) is 0.684. The Morgan fingerprint density at radius 2 is 1.54 bits per heavy atom. The van der Waals surface area contributed by atoms with Gasteiger partial charge >= 0.3 is 21.7 Å². The molecule has 4 heteroatoms. The molecule has 1 heterocycles. The lowest BCUT2D eigenvalue weighted by Gasteiger charge is -1.76. The Kier molecular flexibility index (Phi) is 34.7. The fraction of sp³-hybridized carbons (Fsp3) is 1.00. The van der Waals surface area contributed by atoms with E-state index in [0.29, 0.717) is 0 Å². The van der Waals surface area contributed by atoms with Crippen LogP contribution in [0.3, 0.4) is 0 Å². The van der Waals surface area contributed by atoms with Crippen LogP contribution in [0.1, 0.15) is 26.2 Å². The van der Waals surface area contributed by atoms with Crippen molar-refractivity contribution in [3.8, 4) is 0 Å². The molecule has 1 N–H and O–H groups in total. The van der Waals surface area contributed by atoms with Gasteiger partial charge in [0.1, 0.15) is 0 Å². The molecule has 1 aliphatic rings. The van der Waals surface area contributed by atoms with E-state index in [4.69, 9.17) is 4.74 Å². The van der Waals surface area contributed by atoms with Crippen LogP contribution in [-0.4, -0.2) is 49.0 Å². The summed E-state index contributed by atoms with van der Waals surface area (Å²) >= 11 is 2.02. The predicted molar refractivity (Wildman–Crippen MR) is 63.1 cm³/mol.